The second-order valence-corrected chi connectivity index (χ2v) is 9.26. The summed E-state index contributed by atoms with van der Waals surface area (Å²) in [5, 5.41) is 6.97. The van der Waals surface area contributed by atoms with Crippen LogP contribution in [0.3, 0.4) is 0 Å². The van der Waals surface area contributed by atoms with Gasteiger partial charge in [0.1, 0.15) is 11.1 Å². The molecule has 1 amide bonds. The maximum Gasteiger partial charge on any atom is 0.251 e. The minimum absolute atomic E-state index is 0.207. The second-order valence-electron chi connectivity index (χ2n) is 6.74. The summed E-state index contributed by atoms with van der Waals surface area (Å²) < 4.78 is 27.5. The lowest BCUT2D eigenvalue weighted by molar-refractivity contribution is 0.0951. The summed E-state index contributed by atoms with van der Waals surface area (Å²) in [6.07, 6.45) is -0.630. The molecular formula is C21H17Cl2N3O3S. The number of fused-ring (bicyclic) bond motifs is 1. The summed E-state index contributed by atoms with van der Waals surface area (Å²) in [6, 6.07) is 18.5. The lowest BCUT2D eigenvalue weighted by Gasteiger charge is -2.28. The van der Waals surface area contributed by atoms with Gasteiger partial charge < -0.3 is 10.6 Å². The van der Waals surface area contributed by atoms with Crippen LogP contribution < -0.4 is 15.4 Å². The number of benzene rings is 3. The highest BCUT2D eigenvalue weighted by Gasteiger charge is 2.29. The van der Waals surface area contributed by atoms with Crippen LogP contribution in [0, 0.1) is 0 Å². The minimum atomic E-state index is -3.63. The number of nitrogens with one attached hydrogen (secondary N) is 3. The summed E-state index contributed by atoms with van der Waals surface area (Å²) in [6.45, 7) is 0.261. The molecule has 6 nitrogen and oxygen atoms in total. The van der Waals surface area contributed by atoms with Crippen LogP contribution in [0.2, 0.25) is 10.0 Å². The number of hydrogen-bond acceptors (Lipinski definition) is 4. The Bertz CT molecular complexity index is 1210. The lowest BCUT2D eigenvalue weighted by atomic mass is 10.1. The highest BCUT2D eigenvalue weighted by atomic mass is 35.5. The first-order valence-corrected chi connectivity index (χ1v) is 11.3. The van der Waals surface area contributed by atoms with Gasteiger partial charge >= 0.3 is 0 Å². The fourth-order valence-corrected chi connectivity index (χ4v) is 4.93. The summed E-state index contributed by atoms with van der Waals surface area (Å²) in [5.74, 6) is -0.268. The van der Waals surface area contributed by atoms with Crippen LogP contribution >= 0.6 is 23.2 Å². The molecule has 3 N–H and O–H groups in total. The molecule has 0 saturated heterocycles. The fraction of sp³-hybridized carbons (Fsp3) is 0.0952. The molecule has 1 atom stereocenters. The molecular weight excluding hydrogens is 445 g/mol. The third-order valence-electron chi connectivity index (χ3n) is 4.71. The summed E-state index contributed by atoms with van der Waals surface area (Å²) in [7, 11) is -3.63. The molecule has 0 radical (unpaired) electrons. The summed E-state index contributed by atoms with van der Waals surface area (Å²) >= 11 is 12.0. The summed E-state index contributed by atoms with van der Waals surface area (Å²) in [4.78, 5) is 12.6. The number of anilines is 1. The zero-order valence-electron chi connectivity index (χ0n) is 15.5. The van der Waals surface area contributed by atoms with Crippen molar-refractivity contribution in [2.24, 2.45) is 0 Å². The standard InChI is InChI=1S/C21H17Cl2N3O3S/c22-16-10-9-15(17(23)11-16)12-24-21(27)14-7-5-13(6-8-14)20-25-18-3-1-2-4-19(18)30(28,29)26-20/h1-11,20,25-26H,12H2,(H,24,27)/t20-/m1/s1. The van der Waals surface area contributed by atoms with Gasteiger partial charge in [-0.05, 0) is 47.5 Å². The third kappa shape index (κ3) is 4.29. The van der Waals surface area contributed by atoms with Gasteiger partial charge in [0.15, 0.2) is 0 Å². The first kappa shape index (κ1) is 20.7. The van der Waals surface area contributed by atoms with Crippen molar-refractivity contribution < 1.29 is 13.2 Å². The van der Waals surface area contributed by atoms with E-state index in [1.165, 1.54) is 0 Å². The van der Waals surface area contributed by atoms with Crippen LogP contribution in [0.1, 0.15) is 27.7 Å². The Morgan fingerprint density at radius 3 is 2.47 bits per heavy atom. The van der Waals surface area contributed by atoms with E-state index in [9.17, 15) is 13.2 Å². The maximum atomic E-state index is 12.5. The molecule has 3 aromatic rings. The number of hydrogen-bond donors (Lipinski definition) is 3. The van der Waals surface area contributed by atoms with Gasteiger partial charge in [0.2, 0.25) is 10.0 Å². The van der Waals surface area contributed by atoms with Gasteiger partial charge in [-0.1, -0.05) is 53.5 Å². The Kier molecular flexibility index (Phi) is 5.71. The van der Waals surface area contributed by atoms with E-state index in [1.54, 1.807) is 66.7 Å². The Morgan fingerprint density at radius 1 is 1.00 bits per heavy atom. The number of sulfonamides is 1. The molecule has 30 heavy (non-hydrogen) atoms. The zero-order valence-corrected chi connectivity index (χ0v) is 17.9. The van der Waals surface area contributed by atoms with Crippen molar-refractivity contribution >= 4 is 44.8 Å². The van der Waals surface area contributed by atoms with Crippen LogP contribution in [0.25, 0.3) is 0 Å². The van der Waals surface area contributed by atoms with Crippen molar-refractivity contribution in [3.8, 4) is 0 Å². The monoisotopic (exact) mass is 461 g/mol. The number of amides is 1. The average molecular weight is 462 g/mol. The first-order valence-electron chi connectivity index (χ1n) is 9.03. The number of halogens is 2. The highest BCUT2D eigenvalue weighted by Crippen LogP contribution is 2.30. The van der Waals surface area contributed by atoms with E-state index in [1.807, 2.05) is 0 Å². The number of carbonyl (C=O) groups excluding carboxylic acids is 1. The highest BCUT2D eigenvalue weighted by molar-refractivity contribution is 7.89. The van der Waals surface area contributed by atoms with Crippen molar-refractivity contribution in [2.45, 2.75) is 17.6 Å². The first-order chi connectivity index (χ1) is 14.3. The van der Waals surface area contributed by atoms with Crippen LogP contribution in [0.5, 0.6) is 0 Å². The van der Waals surface area contributed by atoms with E-state index < -0.39 is 16.2 Å². The predicted octanol–water partition coefficient (Wildman–Crippen LogP) is 4.33. The molecule has 0 saturated carbocycles. The quantitative estimate of drug-likeness (QED) is 0.539. The second kappa shape index (κ2) is 8.28. The Morgan fingerprint density at radius 2 is 1.73 bits per heavy atom. The largest absolute Gasteiger partial charge is 0.364 e. The van der Waals surface area contributed by atoms with Crippen LogP contribution in [-0.4, -0.2) is 14.3 Å². The molecule has 9 heteroatoms. The molecule has 0 aliphatic carbocycles. The molecule has 3 aromatic carbocycles. The van der Waals surface area contributed by atoms with E-state index in [2.05, 4.69) is 15.4 Å². The van der Waals surface area contributed by atoms with Gasteiger partial charge in [0, 0.05) is 22.2 Å². The van der Waals surface area contributed by atoms with E-state index >= 15 is 0 Å². The van der Waals surface area contributed by atoms with Crippen molar-refractivity contribution in [3.05, 3.63) is 93.5 Å². The molecule has 0 fully saturated rings. The van der Waals surface area contributed by atoms with E-state index in [0.29, 0.717) is 26.9 Å². The van der Waals surface area contributed by atoms with Crippen molar-refractivity contribution in [3.63, 3.8) is 0 Å². The normalized spacial score (nSPS) is 16.9. The van der Waals surface area contributed by atoms with E-state index in [4.69, 9.17) is 23.2 Å². The van der Waals surface area contributed by atoms with E-state index in [-0.39, 0.29) is 17.3 Å². The molecule has 1 heterocycles. The Balaban J connectivity index is 1.46. The number of rotatable bonds is 4. The zero-order chi connectivity index (χ0) is 21.3. The van der Waals surface area contributed by atoms with Gasteiger partial charge in [-0.25, -0.2) is 8.42 Å². The number of para-hydroxylation sites is 1. The molecule has 0 unspecified atom stereocenters. The van der Waals surface area contributed by atoms with Crippen LogP contribution in [0.4, 0.5) is 5.69 Å². The van der Waals surface area contributed by atoms with Gasteiger partial charge in [0.25, 0.3) is 5.91 Å². The van der Waals surface area contributed by atoms with Crippen LogP contribution in [-0.2, 0) is 16.6 Å². The number of carbonyl (C=O) groups is 1. The fourth-order valence-electron chi connectivity index (χ4n) is 3.14. The van der Waals surface area contributed by atoms with Gasteiger partial charge in [-0.15, -0.1) is 0 Å². The summed E-state index contributed by atoms with van der Waals surface area (Å²) in [5.41, 5.74) is 2.42. The minimum Gasteiger partial charge on any atom is -0.364 e. The van der Waals surface area contributed by atoms with Gasteiger partial charge in [0.05, 0.1) is 5.69 Å². The Hall–Kier alpha value is -2.58. The predicted molar refractivity (Wildman–Crippen MR) is 117 cm³/mol. The van der Waals surface area contributed by atoms with Crippen molar-refractivity contribution in [2.75, 3.05) is 5.32 Å². The lowest BCUT2D eigenvalue weighted by Crippen LogP contribution is -2.38. The molecule has 4 rings (SSSR count). The van der Waals surface area contributed by atoms with Crippen LogP contribution in [0.15, 0.2) is 71.6 Å². The Labute approximate surface area is 184 Å². The average Bonchev–Trinajstić information content (AvgIpc) is 2.72. The maximum absolute atomic E-state index is 12.5. The molecule has 154 valence electrons. The molecule has 1 aliphatic heterocycles. The van der Waals surface area contributed by atoms with Crippen molar-refractivity contribution in [1.29, 1.82) is 0 Å². The van der Waals surface area contributed by atoms with Crippen molar-refractivity contribution in [1.82, 2.24) is 10.0 Å². The third-order valence-corrected chi connectivity index (χ3v) is 6.78. The van der Waals surface area contributed by atoms with E-state index in [0.717, 1.165) is 5.56 Å². The SMILES string of the molecule is O=C(NCc1ccc(Cl)cc1Cl)c1ccc([C@@H]2Nc3ccccc3S(=O)(=O)N2)cc1. The molecule has 0 spiro atoms. The molecule has 0 aromatic heterocycles. The van der Waals surface area contributed by atoms with Gasteiger partial charge in [-0.2, -0.15) is 4.72 Å². The molecule has 1 aliphatic rings. The smallest absolute Gasteiger partial charge is 0.251 e. The topological polar surface area (TPSA) is 87.3 Å². The van der Waals surface area contributed by atoms with Gasteiger partial charge in [-0.3, -0.25) is 4.79 Å². The molecule has 0 bridgehead atoms.